The van der Waals surface area contributed by atoms with E-state index in [0.717, 1.165) is 34.7 Å². The van der Waals surface area contributed by atoms with Crippen molar-refractivity contribution in [2.24, 2.45) is 0 Å². The lowest BCUT2D eigenvalue weighted by molar-refractivity contribution is -0.116. The summed E-state index contributed by atoms with van der Waals surface area (Å²) in [6.45, 7) is 2.91. The van der Waals surface area contributed by atoms with Crippen molar-refractivity contribution in [1.29, 1.82) is 0 Å². The third-order valence-corrected chi connectivity index (χ3v) is 9.50. The average molecular weight is 494 g/mol. The summed E-state index contributed by atoms with van der Waals surface area (Å²) in [5.41, 5.74) is 2.06. The fourth-order valence-corrected chi connectivity index (χ4v) is 6.11. The van der Waals surface area contributed by atoms with Crippen molar-refractivity contribution < 1.29 is 21.6 Å². The molecule has 0 spiro atoms. The summed E-state index contributed by atoms with van der Waals surface area (Å²) in [5, 5.41) is 2.79. The number of aryl methyl sites for hydroxylation is 2. The normalized spacial score (nSPS) is 15.5. The largest absolute Gasteiger partial charge is 0.326 e. The van der Waals surface area contributed by atoms with Gasteiger partial charge in [-0.15, -0.1) is 0 Å². The number of anilines is 1. The van der Waals surface area contributed by atoms with E-state index in [1.807, 2.05) is 0 Å². The first-order valence-electron chi connectivity index (χ1n) is 10.9. The number of piperidine rings is 1. The molecule has 2 aromatic carbocycles. The zero-order chi connectivity index (χ0) is 24.2. The quantitative estimate of drug-likeness (QED) is 0.609. The second kappa shape index (κ2) is 10.3. The Morgan fingerprint density at radius 1 is 0.939 bits per heavy atom. The summed E-state index contributed by atoms with van der Waals surface area (Å²) in [4.78, 5) is 12.9. The summed E-state index contributed by atoms with van der Waals surface area (Å²) in [6, 6.07) is 11.3. The van der Waals surface area contributed by atoms with Crippen molar-refractivity contribution in [1.82, 2.24) is 8.61 Å². The Labute approximate surface area is 196 Å². The number of hydrogen-bond acceptors (Lipinski definition) is 5. The zero-order valence-electron chi connectivity index (χ0n) is 19.2. The Morgan fingerprint density at radius 3 is 2.15 bits per heavy atom. The van der Waals surface area contributed by atoms with Gasteiger partial charge in [0, 0.05) is 39.3 Å². The number of rotatable bonds is 8. The van der Waals surface area contributed by atoms with E-state index in [1.165, 1.54) is 30.5 Å². The van der Waals surface area contributed by atoms with Crippen molar-refractivity contribution in [3.8, 4) is 0 Å². The highest BCUT2D eigenvalue weighted by Crippen LogP contribution is 2.23. The van der Waals surface area contributed by atoms with Crippen LogP contribution >= 0.6 is 0 Å². The molecule has 0 aromatic heterocycles. The van der Waals surface area contributed by atoms with Gasteiger partial charge in [-0.2, -0.15) is 4.31 Å². The number of carbonyl (C=O) groups excluding carboxylic acids is 1. The number of carbonyl (C=O) groups is 1. The summed E-state index contributed by atoms with van der Waals surface area (Å²) in [7, 11) is -4.17. The third kappa shape index (κ3) is 6.00. The maximum atomic E-state index is 12.8. The number of amides is 1. The van der Waals surface area contributed by atoms with Crippen LogP contribution in [0.3, 0.4) is 0 Å². The predicted octanol–water partition coefficient (Wildman–Crippen LogP) is 2.99. The van der Waals surface area contributed by atoms with Gasteiger partial charge in [-0.1, -0.05) is 24.6 Å². The molecule has 1 aliphatic heterocycles. The number of nitrogens with one attached hydrogen (secondary N) is 1. The second-order valence-corrected chi connectivity index (χ2v) is 12.5. The van der Waals surface area contributed by atoms with Crippen LogP contribution < -0.4 is 5.32 Å². The lowest BCUT2D eigenvalue weighted by Gasteiger charge is -2.25. The smallest absolute Gasteiger partial charge is 0.243 e. The molecule has 0 radical (unpaired) electrons. The van der Waals surface area contributed by atoms with Crippen LogP contribution in [0, 0.1) is 6.92 Å². The third-order valence-electron chi connectivity index (χ3n) is 5.78. The molecule has 0 aliphatic carbocycles. The molecule has 1 heterocycles. The molecule has 2 aromatic rings. The molecule has 0 unspecified atom stereocenters. The zero-order valence-corrected chi connectivity index (χ0v) is 20.9. The van der Waals surface area contributed by atoms with Crippen LogP contribution in [-0.4, -0.2) is 58.5 Å². The Morgan fingerprint density at radius 2 is 1.55 bits per heavy atom. The SMILES string of the molecule is Cc1ccc(S(=O)(=O)N(C)C)cc1NC(=O)CCc1ccc(S(=O)(=O)N2CCCCC2)cc1. The van der Waals surface area contributed by atoms with Gasteiger partial charge in [0.25, 0.3) is 0 Å². The van der Waals surface area contributed by atoms with Gasteiger partial charge < -0.3 is 5.32 Å². The molecular weight excluding hydrogens is 462 g/mol. The minimum absolute atomic E-state index is 0.110. The second-order valence-electron chi connectivity index (χ2n) is 8.42. The average Bonchev–Trinajstić information content (AvgIpc) is 2.79. The first kappa shape index (κ1) is 25.4. The van der Waals surface area contributed by atoms with Crippen molar-refractivity contribution in [2.45, 2.75) is 48.8 Å². The van der Waals surface area contributed by atoms with Crippen molar-refractivity contribution in [3.63, 3.8) is 0 Å². The van der Waals surface area contributed by atoms with Crippen LogP contribution in [0.1, 0.15) is 36.8 Å². The van der Waals surface area contributed by atoms with Crippen LogP contribution in [-0.2, 0) is 31.3 Å². The number of hydrogen-bond donors (Lipinski definition) is 1. The van der Waals surface area contributed by atoms with Crippen molar-refractivity contribution >= 4 is 31.6 Å². The highest BCUT2D eigenvalue weighted by molar-refractivity contribution is 7.89. The predicted molar refractivity (Wildman–Crippen MR) is 128 cm³/mol. The molecule has 8 nitrogen and oxygen atoms in total. The fourth-order valence-electron chi connectivity index (χ4n) is 3.66. The standard InChI is InChI=1S/C23H31N3O5S2/c1-18-7-11-21(32(28,29)25(2)3)17-22(18)24-23(27)14-10-19-8-12-20(13-9-19)33(30,31)26-15-5-4-6-16-26/h7-9,11-13,17H,4-6,10,14-16H2,1-3H3,(H,24,27). The molecule has 3 rings (SSSR count). The van der Waals surface area contributed by atoms with E-state index < -0.39 is 20.0 Å². The van der Waals surface area contributed by atoms with Gasteiger partial charge in [-0.05, 0) is 61.6 Å². The Kier molecular flexibility index (Phi) is 7.94. The van der Waals surface area contributed by atoms with Gasteiger partial charge in [0.2, 0.25) is 26.0 Å². The molecule has 1 fully saturated rings. The molecule has 0 saturated carbocycles. The summed E-state index contributed by atoms with van der Waals surface area (Å²) in [5.74, 6) is -0.248. The molecule has 33 heavy (non-hydrogen) atoms. The van der Waals surface area contributed by atoms with E-state index in [9.17, 15) is 21.6 Å². The molecule has 10 heteroatoms. The highest BCUT2D eigenvalue weighted by atomic mass is 32.2. The first-order chi connectivity index (χ1) is 15.5. The molecule has 180 valence electrons. The molecule has 1 N–H and O–H groups in total. The Hall–Kier alpha value is -2.27. The van der Waals surface area contributed by atoms with Crippen LogP contribution in [0.25, 0.3) is 0 Å². The van der Waals surface area contributed by atoms with Gasteiger partial charge in [0.1, 0.15) is 0 Å². The number of nitrogens with zero attached hydrogens (tertiary/aromatic N) is 2. The molecule has 1 aliphatic rings. The van der Waals surface area contributed by atoms with Crippen LogP contribution in [0.5, 0.6) is 0 Å². The van der Waals surface area contributed by atoms with E-state index in [1.54, 1.807) is 37.3 Å². The summed E-state index contributed by atoms with van der Waals surface area (Å²) in [6.07, 6.45) is 3.45. The van der Waals surface area contributed by atoms with Crippen molar-refractivity contribution in [3.05, 3.63) is 53.6 Å². The minimum Gasteiger partial charge on any atom is -0.326 e. The number of benzene rings is 2. The lowest BCUT2D eigenvalue weighted by Crippen LogP contribution is -2.35. The van der Waals surface area contributed by atoms with E-state index in [4.69, 9.17) is 0 Å². The highest BCUT2D eigenvalue weighted by Gasteiger charge is 2.25. The minimum atomic E-state index is -3.60. The number of sulfonamides is 2. The molecular formula is C23H31N3O5S2. The van der Waals surface area contributed by atoms with Gasteiger partial charge >= 0.3 is 0 Å². The topological polar surface area (TPSA) is 104 Å². The lowest BCUT2D eigenvalue weighted by atomic mass is 10.1. The van der Waals surface area contributed by atoms with E-state index in [0.29, 0.717) is 25.2 Å². The van der Waals surface area contributed by atoms with E-state index in [-0.39, 0.29) is 22.1 Å². The maximum Gasteiger partial charge on any atom is 0.243 e. The maximum absolute atomic E-state index is 12.8. The molecule has 1 amide bonds. The van der Waals surface area contributed by atoms with Gasteiger partial charge in [-0.3, -0.25) is 4.79 Å². The Bertz CT molecular complexity index is 1200. The Balaban J connectivity index is 1.62. The van der Waals surface area contributed by atoms with Crippen LogP contribution in [0.15, 0.2) is 52.3 Å². The fraction of sp³-hybridized carbons (Fsp3) is 0.435. The summed E-state index contributed by atoms with van der Waals surface area (Å²) < 4.78 is 52.9. The monoisotopic (exact) mass is 493 g/mol. The van der Waals surface area contributed by atoms with E-state index >= 15 is 0 Å². The summed E-state index contributed by atoms with van der Waals surface area (Å²) >= 11 is 0. The molecule has 0 bridgehead atoms. The van der Waals surface area contributed by atoms with E-state index in [2.05, 4.69) is 5.32 Å². The first-order valence-corrected chi connectivity index (χ1v) is 13.8. The van der Waals surface area contributed by atoms with Gasteiger partial charge in [0.15, 0.2) is 0 Å². The van der Waals surface area contributed by atoms with Crippen molar-refractivity contribution in [2.75, 3.05) is 32.5 Å². The van der Waals surface area contributed by atoms with Crippen LogP contribution in [0.2, 0.25) is 0 Å². The molecule has 1 saturated heterocycles. The molecule has 0 atom stereocenters. The van der Waals surface area contributed by atoms with Gasteiger partial charge in [-0.25, -0.2) is 21.1 Å². The van der Waals surface area contributed by atoms with Crippen LogP contribution in [0.4, 0.5) is 5.69 Å². The van der Waals surface area contributed by atoms with Gasteiger partial charge in [0.05, 0.1) is 9.79 Å².